The van der Waals surface area contributed by atoms with Crippen LogP contribution in [-0.2, 0) is 6.18 Å². The van der Waals surface area contributed by atoms with Crippen LogP contribution in [0.1, 0.15) is 11.1 Å². The van der Waals surface area contributed by atoms with Crippen molar-refractivity contribution in [2.45, 2.75) is 13.1 Å². The van der Waals surface area contributed by atoms with Crippen LogP contribution in [0.5, 0.6) is 0 Å². The van der Waals surface area contributed by atoms with E-state index in [0.29, 0.717) is 5.56 Å². The van der Waals surface area contributed by atoms with Gasteiger partial charge in [-0.1, -0.05) is 6.07 Å². The van der Waals surface area contributed by atoms with Crippen molar-refractivity contribution in [2.75, 3.05) is 10.6 Å². The third-order valence-corrected chi connectivity index (χ3v) is 3.25. The molecule has 0 fully saturated rings. The van der Waals surface area contributed by atoms with Gasteiger partial charge in [0.05, 0.1) is 5.56 Å². The number of pyridine rings is 1. The topological polar surface area (TPSA) is 54.0 Å². The molecule has 2 rings (SSSR count). The molecular formula is C14H11BrF3N3O. The summed E-state index contributed by atoms with van der Waals surface area (Å²) in [4.78, 5) is 15.8. The van der Waals surface area contributed by atoms with Gasteiger partial charge in [-0.25, -0.2) is 9.78 Å². The molecule has 0 bridgehead atoms. The number of nitrogens with one attached hydrogen (secondary N) is 2. The fraction of sp³-hybridized carbons (Fsp3) is 0.143. The molecule has 4 nitrogen and oxygen atoms in total. The molecule has 0 unspecified atom stereocenters. The lowest BCUT2D eigenvalue weighted by atomic mass is 10.1. The maximum absolute atomic E-state index is 12.7. The Labute approximate surface area is 132 Å². The number of benzene rings is 1. The molecule has 0 aliphatic carbocycles. The van der Waals surface area contributed by atoms with Crippen molar-refractivity contribution < 1.29 is 18.0 Å². The number of carbonyl (C=O) groups excluding carboxylic acids is 1. The predicted molar refractivity (Wildman–Crippen MR) is 80.8 cm³/mol. The van der Waals surface area contributed by atoms with Crippen molar-refractivity contribution >= 4 is 33.5 Å². The van der Waals surface area contributed by atoms with E-state index in [0.717, 1.165) is 16.6 Å². The highest BCUT2D eigenvalue weighted by Crippen LogP contribution is 2.32. The zero-order valence-corrected chi connectivity index (χ0v) is 12.9. The van der Waals surface area contributed by atoms with Gasteiger partial charge in [0.25, 0.3) is 0 Å². The Kier molecular flexibility index (Phi) is 4.70. The van der Waals surface area contributed by atoms with E-state index < -0.39 is 17.8 Å². The largest absolute Gasteiger partial charge is 0.416 e. The number of hydrogen-bond donors (Lipinski definition) is 2. The molecule has 0 spiro atoms. The number of aromatic nitrogens is 1. The Morgan fingerprint density at radius 1 is 1.18 bits per heavy atom. The van der Waals surface area contributed by atoms with Crippen LogP contribution in [0, 0.1) is 6.92 Å². The molecule has 8 heteroatoms. The third-order valence-electron chi connectivity index (χ3n) is 2.78. The highest BCUT2D eigenvalue weighted by atomic mass is 79.9. The van der Waals surface area contributed by atoms with E-state index in [2.05, 4.69) is 31.5 Å². The summed E-state index contributed by atoms with van der Waals surface area (Å²) in [5.74, 6) is 0.283. The van der Waals surface area contributed by atoms with Crippen LogP contribution in [-0.4, -0.2) is 11.0 Å². The zero-order valence-electron chi connectivity index (χ0n) is 11.3. The zero-order chi connectivity index (χ0) is 16.3. The molecule has 0 atom stereocenters. The summed E-state index contributed by atoms with van der Waals surface area (Å²) in [6.07, 6.45) is -2.97. The third kappa shape index (κ3) is 4.20. The van der Waals surface area contributed by atoms with Crippen molar-refractivity contribution in [3.05, 3.63) is 52.1 Å². The molecule has 22 heavy (non-hydrogen) atoms. The van der Waals surface area contributed by atoms with Crippen LogP contribution in [0.2, 0.25) is 0 Å². The quantitative estimate of drug-likeness (QED) is 0.792. The van der Waals surface area contributed by atoms with Crippen LogP contribution in [0.4, 0.5) is 29.5 Å². The summed E-state index contributed by atoms with van der Waals surface area (Å²) in [7, 11) is 0. The number of hydrogen-bond acceptors (Lipinski definition) is 2. The monoisotopic (exact) mass is 373 g/mol. The molecule has 2 N–H and O–H groups in total. The first-order valence-electron chi connectivity index (χ1n) is 6.13. The Morgan fingerprint density at radius 2 is 1.91 bits per heavy atom. The van der Waals surface area contributed by atoms with Gasteiger partial charge in [0.2, 0.25) is 0 Å². The minimum absolute atomic E-state index is 0.0874. The summed E-state index contributed by atoms with van der Waals surface area (Å²) in [5, 5.41) is 4.82. The standard InChI is InChI=1S/C14H11BrF3N3O/c1-8-2-3-9(14(16,17)18)6-11(8)20-13(22)21-12-5-4-10(15)7-19-12/h2-7H,1H3,(H2,19,20,21,22). The Hall–Kier alpha value is -2.09. The molecule has 0 aliphatic heterocycles. The van der Waals surface area contributed by atoms with E-state index in [9.17, 15) is 18.0 Å². The van der Waals surface area contributed by atoms with E-state index in [1.165, 1.54) is 12.3 Å². The summed E-state index contributed by atoms with van der Waals surface area (Å²) in [5.41, 5.74) is -0.216. The Balaban J connectivity index is 2.12. The number of rotatable bonds is 2. The lowest BCUT2D eigenvalue weighted by Gasteiger charge is -2.13. The van der Waals surface area contributed by atoms with Crippen LogP contribution in [0.3, 0.4) is 0 Å². The molecule has 0 saturated carbocycles. The second-order valence-corrected chi connectivity index (χ2v) is 5.38. The van der Waals surface area contributed by atoms with Gasteiger partial charge in [-0.2, -0.15) is 13.2 Å². The van der Waals surface area contributed by atoms with Crippen LogP contribution >= 0.6 is 15.9 Å². The summed E-state index contributed by atoms with van der Waals surface area (Å²) in [6, 6.07) is 5.73. The van der Waals surface area contributed by atoms with E-state index in [-0.39, 0.29) is 11.5 Å². The molecule has 0 aliphatic rings. The number of urea groups is 1. The summed E-state index contributed by atoms with van der Waals surface area (Å²) in [6.45, 7) is 1.60. The normalized spacial score (nSPS) is 11.1. The maximum atomic E-state index is 12.7. The van der Waals surface area contributed by atoms with Gasteiger partial charge in [0.1, 0.15) is 5.82 Å². The number of nitrogens with zero attached hydrogens (tertiary/aromatic N) is 1. The molecule has 1 heterocycles. The first-order chi connectivity index (χ1) is 10.3. The second kappa shape index (κ2) is 6.35. The summed E-state index contributed by atoms with van der Waals surface area (Å²) < 4.78 is 38.8. The molecule has 2 aromatic rings. The van der Waals surface area contributed by atoms with E-state index in [4.69, 9.17) is 0 Å². The van der Waals surface area contributed by atoms with Crippen molar-refractivity contribution in [3.8, 4) is 0 Å². The SMILES string of the molecule is Cc1ccc(C(F)(F)F)cc1NC(=O)Nc1ccc(Br)cn1. The van der Waals surface area contributed by atoms with Gasteiger partial charge >= 0.3 is 12.2 Å². The fourth-order valence-corrected chi connectivity index (χ4v) is 1.89. The maximum Gasteiger partial charge on any atom is 0.416 e. The highest BCUT2D eigenvalue weighted by molar-refractivity contribution is 9.10. The number of carbonyl (C=O) groups is 1. The number of amides is 2. The minimum atomic E-state index is -4.46. The van der Waals surface area contributed by atoms with Gasteiger partial charge in [0, 0.05) is 16.4 Å². The van der Waals surface area contributed by atoms with Crippen molar-refractivity contribution in [1.29, 1.82) is 0 Å². The van der Waals surface area contributed by atoms with E-state index in [1.807, 2.05) is 0 Å². The van der Waals surface area contributed by atoms with Gasteiger partial charge in [0.15, 0.2) is 0 Å². The highest BCUT2D eigenvalue weighted by Gasteiger charge is 2.30. The van der Waals surface area contributed by atoms with Crippen LogP contribution in [0.25, 0.3) is 0 Å². The average molecular weight is 374 g/mol. The Bertz CT molecular complexity index is 687. The summed E-state index contributed by atoms with van der Waals surface area (Å²) >= 11 is 3.20. The lowest BCUT2D eigenvalue weighted by molar-refractivity contribution is -0.137. The predicted octanol–water partition coefficient (Wildman–Crippen LogP) is 4.82. The molecule has 116 valence electrons. The Morgan fingerprint density at radius 3 is 2.50 bits per heavy atom. The number of aryl methyl sites for hydroxylation is 1. The number of halogens is 4. The van der Waals surface area contributed by atoms with Crippen molar-refractivity contribution in [1.82, 2.24) is 4.98 Å². The number of anilines is 2. The molecule has 1 aromatic heterocycles. The van der Waals surface area contributed by atoms with Crippen molar-refractivity contribution in [2.24, 2.45) is 0 Å². The van der Waals surface area contributed by atoms with E-state index in [1.54, 1.807) is 19.1 Å². The average Bonchev–Trinajstić information content (AvgIpc) is 2.42. The lowest BCUT2D eigenvalue weighted by Crippen LogP contribution is -2.21. The second-order valence-electron chi connectivity index (χ2n) is 4.47. The van der Waals surface area contributed by atoms with Crippen molar-refractivity contribution in [3.63, 3.8) is 0 Å². The molecule has 1 aromatic carbocycles. The minimum Gasteiger partial charge on any atom is -0.307 e. The smallest absolute Gasteiger partial charge is 0.307 e. The van der Waals surface area contributed by atoms with E-state index >= 15 is 0 Å². The fourth-order valence-electron chi connectivity index (χ4n) is 1.65. The first-order valence-corrected chi connectivity index (χ1v) is 6.92. The van der Waals surface area contributed by atoms with Gasteiger partial charge < -0.3 is 5.32 Å². The van der Waals surface area contributed by atoms with Crippen LogP contribution in [0.15, 0.2) is 41.0 Å². The molecular weight excluding hydrogens is 363 g/mol. The van der Waals surface area contributed by atoms with Crippen LogP contribution < -0.4 is 10.6 Å². The van der Waals surface area contributed by atoms with Gasteiger partial charge in [-0.3, -0.25) is 5.32 Å². The van der Waals surface area contributed by atoms with Gasteiger partial charge in [-0.15, -0.1) is 0 Å². The first kappa shape index (κ1) is 16.3. The molecule has 0 saturated heterocycles. The molecule has 0 radical (unpaired) electrons. The molecule has 2 amide bonds. The van der Waals surface area contributed by atoms with Gasteiger partial charge in [-0.05, 0) is 52.7 Å². The number of alkyl halides is 3.